The molecule has 2 bridgehead atoms. The molecule has 5 heteroatoms. The monoisotopic (exact) mass is 322 g/mol. The standard InChI is InChI=1S/C18H27FN2O2/c1-16(2)17(3)6-7-18(16,12-23-11-17)5-4-15(22)21-10-13(19)8-14(21)9-20/h13-14H,4-8,10-12H2,1-3H3/t13-,14-,17-,18+/m0/s1. The van der Waals surface area contributed by atoms with Gasteiger partial charge in [0.25, 0.3) is 0 Å². The molecule has 0 aromatic carbocycles. The Labute approximate surface area is 138 Å². The van der Waals surface area contributed by atoms with Gasteiger partial charge in [0.1, 0.15) is 12.2 Å². The van der Waals surface area contributed by atoms with Crippen LogP contribution in [0.2, 0.25) is 0 Å². The van der Waals surface area contributed by atoms with Crippen LogP contribution in [0.15, 0.2) is 0 Å². The van der Waals surface area contributed by atoms with E-state index in [1.807, 2.05) is 0 Å². The van der Waals surface area contributed by atoms with Gasteiger partial charge in [0.05, 0.1) is 25.8 Å². The summed E-state index contributed by atoms with van der Waals surface area (Å²) in [5.74, 6) is -0.0824. The first-order valence-corrected chi connectivity index (χ1v) is 8.66. The van der Waals surface area contributed by atoms with Crippen LogP contribution in [0.1, 0.15) is 52.9 Å². The molecule has 2 aliphatic heterocycles. The minimum Gasteiger partial charge on any atom is -0.380 e. The smallest absolute Gasteiger partial charge is 0.223 e. The lowest BCUT2D eigenvalue weighted by atomic mass is 9.56. The molecule has 0 N–H and O–H groups in total. The van der Waals surface area contributed by atoms with E-state index in [1.54, 1.807) is 0 Å². The Bertz CT molecular complexity index is 544. The van der Waals surface area contributed by atoms with Gasteiger partial charge in [0.2, 0.25) is 5.91 Å². The Morgan fingerprint density at radius 1 is 1.35 bits per heavy atom. The number of likely N-dealkylation sites (tertiary alicyclic amines) is 1. The van der Waals surface area contributed by atoms with E-state index in [4.69, 9.17) is 10.00 Å². The Kier molecular flexibility index (Phi) is 3.95. The maximum Gasteiger partial charge on any atom is 0.223 e. The second kappa shape index (κ2) is 5.44. The van der Waals surface area contributed by atoms with E-state index < -0.39 is 12.2 Å². The SMILES string of the molecule is CC1(C)[C@@]2(C)CC[C@]1(CCC(=O)N1C[C@@H](F)C[C@H]1C#N)COC2. The minimum atomic E-state index is -1.06. The maximum absolute atomic E-state index is 13.5. The second-order valence-electron chi connectivity index (χ2n) is 8.48. The van der Waals surface area contributed by atoms with E-state index in [0.717, 1.165) is 25.9 Å². The minimum absolute atomic E-state index is 0.0205. The Morgan fingerprint density at radius 2 is 2.09 bits per heavy atom. The molecule has 0 aromatic rings. The highest BCUT2D eigenvalue weighted by Crippen LogP contribution is 2.66. The number of ether oxygens (including phenoxy) is 1. The van der Waals surface area contributed by atoms with Gasteiger partial charge in [0, 0.05) is 12.8 Å². The molecular weight excluding hydrogens is 295 g/mol. The van der Waals surface area contributed by atoms with Crippen molar-refractivity contribution in [3.63, 3.8) is 0 Å². The molecule has 1 aliphatic carbocycles. The van der Waals surface area contributed by atoms with Crippen LogP contribution >= 0.6 is 0 Å². The first-order chi connectivity index (χ1) is 10.7. The van der Waals surface area contributed by atoms with Crippen molar-refractivity contribution in [3.8, 4) is 6.07 Å². The van der Waals surface area contributed by atoms with Crippen molar-refractivity contribution in [2.75, 3.05) is 19.8 Å². The summed E-state index contributed by atoms with van der Waals surface area (Å²) in [5, 5.41) is 9.11. The molecule has 0 unspecified atom stereocenters. The first-order valence-electron chi connectivity index (χ1n) is 8.66. The molecule has 3 aliphatic rings. The molecule has 128 valence electrons. The summed E-state index contributed by atoms with van der Waals surface area (Å²) in [5.41, 5.74) is 0.314. The quantitative estimate of drug-likeness (QED) is 0.802. The second-order valence-corrected chi connectivity index (χ2v) is 8.48. The topological polar surface area (TPSA) is 53.3 Å². The fraction of sp³-hybridized carbons (Fsp3) is 0.889. The van der Waals surface area contributed by atoms with Gasteiger partial charge in [-0.15, -0.1) is 0 Å². The van der Waals surface area contributed by atoms with Crippen LogP contribution in [0, 0.1) is 27.6 Å². The number of halogens is 1. The summed E-state index contributed by atoms with van der Waals surface area (Å²) >= 11 is 0. The molecular formula is C18H27FN2O2. The number of alkyl halides is 1. The van der Waals surface area contributed by atoms with Crippen molar-refractivity contribution in [1.82, 2.24) is 4.90 Å². The molecule has 1 saturated carbocycles. The van der Waals surface area contributed by atoms with E-state index in [1.165, 1.54) is 4.90 Å². The van der Waals surface area contributed by atoms with Gasteiger partial charge in [-0.05, 0) is 35.5 Å². The van der Waals surface area contributed by atoms with E-state index in [0.29, 0.717) is 13.0 Å². The van der Waals surface area contributed by atoms with Gasteiger partial charge >= 0.3 is 0 Å². The van der Waals surface area contributed by atoms with E-state index in [9.17, 15) is 9.18 Å². The summed E-state index contributed by atoms with van der Waals surface area (Å²) in [6.07, 6.45) is 2.45. The lowest BCUT2D eigenvalue weighted by Gasteiger charge is -2.53. The highest BCUT2D eigenvalue weighted by atomic mass is 19.1. The zero-order chi connectivity index (χ0) is 16.9. The van der Waals surface area contributed by atoms with Crippen molar-refractivity contribution < 1.29 is 13.9 Å². The zero-order valence-corrected chi connectivity index (χ0v) is 14.4. The number of rotatable bonds is 3. The molecule has 3 fully saturated rings. The average molecular weight is 322 g/mol. The normalized spacial score (nSPS) is 41.8. The number of carbonyl (C=O) groups excluding carboxylic acids is 1. The van der Waals surface area contributed by atoms with Crippen molar-refractivity contribution in [3.05, 3.63) is 0 Å². The molecule has 0 spiro atoms. The predicted octanol–water partition coefficient (Wildman–Crippen LogP) is 3.07. The lowest BCUT2D eigenvalue weighted by molar-refractivity contribution is -0.149. The highest BCUT2D eigenvalue weighted by molar-refractivity contribution is 5.77. The van der Waals surface area contributed by atoms with Crippen LogP contribution in [0.5, 0.6) is 0 Å². The summed E-state index contributed by atoms with van der Waals surface area (Å²) in [6.45, 7) is 8.46. The zero-order valence-electron chi connectivity index (χ0n) is 14.4. The van der Waals surface area contributed by atoms with Gasteiger partial charge in [-0.1, -0.05) is 20.8 Å². The summed E-state index contributed by atoms with van der Waals surface area (Å²) < 4.78 is 19.4. The third kappa shape index (κ3) is 2.38. The van der Waals surface area contributed by atoms with Crippen LogP contribution in [0.4, 0.5) is 4.39 Å². The molecule has 23 heavy (non-hydrogen) atoms. The van der Waals surface area contributed by atoms with E-state index in [2.05, 4.69) is 26.8 Å². The highest BCUT2D eigenvalue weighted by Gasteiger charge is 2.62. The third-order valence-electron chi connectivity index (χ3n) is 7.33. The fourth-order valence-corrected chi connectivity index (χ4v) is 4.94. The summed E-state index contributed by atoms with van der Waals surface area (Å²) in [4.78, 5) is 14.0. The number of nitrogens with zero attached hydrogens (tertiary/aromatic N) is 2. The number of hydrogen-bond donors (Lipinski definition) is 0. The first kappa shape index (κ1) is 16.7. The van der Waals surface area contributed by atoms with Crippen molar-refractivity contribution >= 4 is 5.91 Å². The fourth-order valence-electron chi connectivity index (χ4n) is 4.94. The van der Waals surface area contributed by atoms with Crippen molar-refractivity contribution in [1.29, 1.82) is 5.26 Å². The average Bonchev–Trinajstić information content (AvgIpc) is 2.88. The van der Waals surface area contributed by atoms with Crippen LogP contribution in [0.3, 0.4) is 0 Å². The van der Waals surface area contributed by atoms with Gasteiger partial charge in [-0.2, -0.15) is 5.26 Å². The molecule has 2 saturated heterocycles. The molecule has 3 rings (SSSR count). The van der Waals surface area contributed by atoms with E-state index in [-0.39, 0.29) is 35.1 Å². The van der Waals surface area contributed by atoms with Crippen molar-refractivity contribution in [2.45, 2.75) is 65.1 Å². The van der Waals surface area contributed by atoms with Gasteiger partial charge in [-0.3, -0.25) is 4.79 Å². The summed E-state index contributed by atoms with van der Waals surface area (Å²) in [7, 11) is 0. The molecule has 4 nitrogen and oxygen atoms in total. The third-order valence-corrected chi connectivity index (χ3v) is 7.33. The van der Waals surface area contributed by atoms with Crippen LogP contribution in [-0.2, 0) is 9.53 Å². The molecule has 0 radical (unpaired) electrons. The van der Waals surface area contributed by atoms with Crippen molar-refractivity contribution in [2.24, 2.45) is 16.2 Å². The van der Waals surface area contributed by atoms with Crippen LogP contribution < -0.4 is 0 Å². The number of carbonyl (C=O) groups is 1. The number of fused-ring (bicyclic) bond motifs is 2. The van der Waals surface area contributed by atoms with Gasteiger partial charge in [-0.25, -0.2) is 4.39 Å². The molecule has 4 atom stereocenters. The molecule has 0 aromatic heterocycles. The Hall–Kier alpha value is -1.15. The van der Waals surface area contributed by atoms with Gasteiger partial charge < -0.3 is 9.64 Å². The van der Waals surface area contributed by atoms with E-state index >= 15 is 0 Å². The Morgan fingerprint density at radius 3 is 2.78 bits per heavy atom. The Balaban J connectivity index is 1.69. The number of amides is 1. The van der Waals surface area contributed by atoms with Crippen LogP contribution in [0.25, 0.3) is 0 Å². The number of hydrogen-bond acceptors (Lipinski definition) is 3. The van der Waals surface area contributed by atoms with Gasteiger partial charge in [0.15, 0.2) is 0 Å². The lowest BCUT2D eigenvalue weighted by Crippen LogP contribution is -2.51. The van der Waals surface area contributed by atoms with Crippen LogP contribution in [-0.4, -0.2) is 42.8 Å². The maximum atomic E-state index is 13.5. The predicted molar refractivity (Wildman–Crippen MR) is 84.2 cm³/mol. The molecule has 2 heterocycles. The molecule has 1 amide bonds. The number of nitriles is 1. The largest absolute Gasteiger partial charge is 0.380 e. The summed E-state index contributed by atoms with van der Waals surface area (Å²) in [6, 6.07) is 1.46.